The molecule has 0 unspecified atom stereocenters. The van der Waals surface area contributed by atoms with Gasteiger partial charge in [0.15, 0.2) is 0 Å². The van der Waals surface area contributed by atoms with Crippen LogP contribution in [0.3, 0.4) is 0 Å². The molecule has 0 atom stereocenters. The average Bonchev–Trinajstić information content (AvgIpc) is 2.40. The fraction of sp³-hybridized carbons (Fsp3) is 0.385. The van der Waals surface area contributed by atoms with Gasteiger partial charge < -0.3 is 15.4 Å². The number of rotatable bonds is 4. The first-order valence-electron chi connectivity index (χ1n) is 5.84. The molecule has 0 heterocycles. The summed E-state index contributed by atoms with van der Waals surface area (Å²) in [7, 11) is 3.02. The largest absolute Gasteiger partial charge is 0.453 e. The predicted octanol–water partition coefficient (Wildman–Crippen LogP) is 1.80. The lowest BCUT2D eigenvalue weighted by atomic mass is 10.1. The molecule has 0 aliphatic carbocycles. The van der Waals surface area contributed by atoms with Gasteiger partial charge in [-0.25, -0.2) is 4.79 Å². The predicted molar refractivity (Wildman–Crippen MR) is 74.2 cm³/mol. The maximum atomic E-state index is 11.9. The number of amides is 2. The molecule has 0 saturated heterocycles. The third-order valence-corrected chi connectivity index (χ3v) is 2.77. The van der Waals surface area contributed by atoms with Crippen molar-refractivity contribution in [1.82, 2.24) is 5.32 Å². The third-order valence-electron chi connectivity index (χ3n) is 2.77. The summed E-state index contributed by atoms with van der Waals surface area (Å²) in [4.78, 5) is 22.9. The van der Waals surface area contributed by atoms with E-state index in [0.717, 1.165) is 0 Å². The first-order valence-corrected chi connectivity index (χ1v) is 5.84. The van der Waals surface area contributed by atoms with Crippen LogP contribution in [0.25, 0.3) is 0 Å². The smallest absolute Gasteiger partial charge is 0.411 e. The van der Waals surface area contributed by atoms with Gasteiger partial charge in [-0.2, -0.15) is 0 Å². The first kappa shape index (κ1) is 15.0. The monoisotopic (exact) mass is 265 g/mol. The van der Waals surface area contributed by atoms with Gasteiger partial charge in [0, 0.05) is 11.4 Å². The number of carbonyl (C=O) groups excluding carboxylic acids is 2. The van der Waals surface area contributed by atoms with Crippen molar-refractivity contribution in [3.8, 4) is 0 Å². The van der Waals surface area contributed by atoms with Crippen molar-refractivity contribution in [1.29, 1.82) is 0 Å². The van der Waals surface area contributed by atoms with Crippen LogP contribution < -0.4 is 16.0 Å². The highest BCUT2D eigenvalue weighted by atomic mass is 16.5. The van der Waals surface area contributed by atoms with Crippen molar-refractivity contribution in [2.45, 2.75) is 19.4 Å². The van der Waals surface area contributed by atoms with Crippen LogP contribution in [0, 0.1) is 0 Å². The highest BCUT2D eigenvalue weighted by Crippen LogP contribution is 2.15. The standard InChI is InChI=1S/C13H19N3O3/c1-13(2,14-3)11(17)15-9-5-7-10(8-6-9)16-12(18)19-4/h5-8,14H,1-4H3,(H,15,17)(H,16,18). The summed E-state index contributed by atoms with van der Waals surface area (Å²) >= 11 is 0. The molecular weight excluding hydrogens is 246 g/mol. The number of benzene rings is 1. The van der Waals surface area contributed by atoms with E-state index in [2.05, 4.69) is 20.7 Å². The number of hydrogen-bond acceptors (Lipinski definition) is 4. The van der Waals surface area contributed by atoms with Gasteiger partial charge in [0.1, 0.15) is 0 Å². The van der Waals surface area contributed by atoms with Crippen LogP contribution in [0.1, 0.15) is 13.8 Å². The van der Waals surface area contributed by atoms with Gasteiger partial charge in [-0.05, 0) is 45.2 Å². The Kier molecular flexibility index (Phi) is 4.88. The van der Waals surface area contributed by atoms with Crippen LogP contribution in [-0.4, -0.2) is 31.7 Å². The van der Waals surface area contributed by atoms with Gasteiger partial charge in [0.05, 0.1) is 12.6 Å². The molecule has 0 aliphatic heterocycles. The normalized spacial score (nSPS) is 10.7. The van der Waals surface area contributed by atoms with E-state index in [0.29, 0.717) is 11.4 Å². The fourth-order valence-electron chi connectivity index (χ4n) is 1.21. The Bertz CT molecular complexity index is 455. The molecule has 0 saturated carbocycles. The third kappa shape index (κ3) is 4.26. The molecule has 0 spiro atoms. The molecule has 0 fully saturated rings. The molecule has 0 radical (unpaired) electrons. The molecular formula is C13H19N3O3. The summed E-state index contributed by atoms with van der Waals surface area (Å²) in [6.07, 6.45) is -0.534. The van der Waals surface area contributed by atoms with Crippen LogP contribution in [0.2, 0.25) is 0 Å². The summed E-state index contributed by atoms with van der Waals surface area (Å²) in [5.74, 6) is -0.135. The van der Waals surface area contributed by atoms with E-state index in [1.807, 2.05) is 0 Å². The van der Waals surface area contributed by atoms with E-state index >= 15 is 0 Å². The van der Waals surface area contributed by atoms with Crippen molar-refractivity contribution in [2.24, 2.45) is 0 Å². The van der Waals surface area contributed by atoms with Crippen molar-refractivity contribution >= 4 is 23.4 Å². The van der Waals surface area contributed by atoms with E-state index in [1.54, 1.807) is 45.2 Å². The summed E-state index contributed by atoms with van der Waals surface area (Å²) in [5, 5.41) is 8.23. The van der Waals surface area contributed by atoms with E-state index < -0.39 is 11.6 Å². The zero-order valence-corrected chi connectivity index (χ0v) is 11.5. The van der Waals surface area contributed by atoms with Crippen LogP contribution in [0.15, 0.2) is 24.3 Å². The number of methoxy groups -OCH3 is 1. The maximum absolute atomic E-state index is 11.9. The highest BCUT2D eigenvalue weighted by Gasteiger charge is 2.24. The summed E-state index contributed by atoms with van der Waals surface area (Å²) in [5.41, 5.74) is 0.601. The van der Waals surface area contributed by atoms with Gasteiger partial charge in [0.2, 0.25) is 5.91 Å². The minimum Gasteiger partial charge on any atom is -0.453 e. The number of likely N-dealkylation sites (N-methyl/N-ethyl adjacent to an activating group) is 1. The topological polar surface area (TPSA) is 79.5 Å². The maximum Gasteiger partial charge on any atom is 0.411 e. The molecule has 6 heteroatoms. The molecule has 1 aromatic rings. The Morgan fingerprint density at radius 1 is 1.05 bits per heavy atom. The molecule has 0 bridgehead atoms. The van der Waals surface area contributed by atoms with Gasteiger partial charge in [-0.15, -0.1) is 0 Å². The Hall–Kier alpha value is -2.08. The lowest BCUT2D eigenvalue weighted by Crippen LogP contribution is -2.47. The van der Waals surface area contributed by atoms with Gasteiger partial charge in [0.25, 0.3) is 0 Å². The van der Waals surface area contributed by atoms with Crippen LogP contribution >= 0.6 is 0 Å². The van der Waals surface area contributed by atoms with Gasteiger partial charge >= 0.3 is 6.09 Å². The van der Waals surface area contributed by atoms with Crippen molar-refractivity contribution in [3.05, 3.63) is 24.3 Å². The van der Waals surface area contributed by atoms with Gasteiger partial charge in [-0.3, -0.25) is 10.1 Å². The Balaban J connectivity index is 2.67. The second-order valence-electron chi connectivity index (χ2n) is 4.52. The van der Waals surface area contributed by atoms with Crippen molar-refractivity contribution in [2.75, 3.05) is 24.8 Å². The molecule has 6 nitrogen and oxygen atoms in total. The molecule has 19 heavy (non-hydrogen) atoms. The average molecular weight is 265 g/mol. The minimum absolute atomic E-state index is 0.135. The van der Waals surface area contributed by atoms with Crippen LogP contribution in [0.4, 0.5) is 16.2 Å². The van der Waals surface area contributed by atoms with Crippen molar-refractivity contribution in [3.63, 3.8) is 0 Å². The van der Waals surface area contributed by atoms with Gasteiger partial charge in [-0.1, -0.05) is 0 Å². The zero-order chi connectivity index (χ0) is 14.5. The number of carbonyl (C=O) groups is 2. The lowest BCUT2D eigenvalue weighted by molar-refractivity contribution is -0.121. The van der Waals surface area contributed by atoms with Crippen LogP contribution in [0.5, 0.6) is 0 Å². The molecule has 1 rings (SSSR count). The Morgan fingerprint density at radius 2 is 1.53 bits per heavy atom. The SMILES string of the molecule is CNC(C)(C)C(=O)Nc1ccc(NC(=O)OC)cc1. The molecule has 1 aromatic carbocycles. The highest BCUT2D eigenvalue weighted by molar-refractivity contribution is 5.97. The summed E-state index contributed by atoms with van der Waals surface area (Å²) in [6.45, 7) is 3.57. The second-order valence-corrected chi connectivity index (χ2v) is 4.52. The number of ether oxygens (including phenoxy) is 1. The molecule has 104 valence electrons. The Morgan fingerprint density at radius 3 is 1.95 bits per heavy atom. The number of anilines is 2. The quantitative estimate of drug-likeness (QED) is 0.775. The fourth-order valence-corrected chi connectivity index (χ4v) is 1.21. The first-order chi connectivity index (χ1) is 8.89. The molecule has 2 amide bonds. The van der Waals surface area contributed by atoms with E-state index in [1.165, 1.54) is 7.11 Å². The molecule has 0 aliphatic rings. The second kappa shape index (κ2) is 6.19. The summed E-state index contributed by atoms with van der Waals surface area (Å²) < 4.78 is 4.48. The number of hydrogen-bond donors (Lipinski definition) is 3. The number of nitrogens with one attached hydrogen (secondary N) is 3. The van der Waals surface area contributed by atoms with E-state index in [4.69, 9.17) is 0 Å². The van der Waals surface area contributed by atoms with E-state index in [-0.39, 0.29) is 5.91 Å². The summed E-state index contributed by atoms with van der Waals surface area (Å²) in [6, 6.07) is 6.77. The van der Waals surface area contributed by atoms with Crippen molar-refractivity contribution < 1.29 is 14.3 Å². The molecule has 0 aromatic heterocycles. The minimum atomic E-state index is -0.650. The van der Waals surface area contributed by atoms with Crippen LogP contribution in [-0.2, 0) is 9.53 Å². The Labute approximate surface area is 112 Å². The lowest BCUT2D eigenvalue weighted by Gasteiger charge is -2.22. The zero-order valence-electron chi connectivity index (χ0n) is 11.5. The molecule has 3 N–H and O–H groups in total. The van der Waals surface area contributed by atoms with E-state index in [9.17, 15) is 9.59 Å².